The van der Waals surface area contributed by atoms with Crippen LogP contribution in [0.3, 0.4) is 0 Å². The topological polar surface area (TPSA) is 60.0 Å². The Kier molecular flexibility index (Phi) is 9.31. The Morgan fingerprint density at radius 2 is 2.09 bits per heavy atom. The lowest BCUT2D eigenvalue weighted by molar-refractivity contribution is -0.133. The highest BCUT2D eigenvalue weighted by Gasteiger charge is 2.30. The van der Waals surface area contributed by atoms with Crippen LogP contribution in [-0.2, 0) is 4.79 Å². The van der Waals surface area contributed by atoms with Gasteiger partial charge in [0.15, 0.2) is 5.96 Å². The molecular weight excluding hydrogens is 298 g/mol. The van der Waals surface area contributed by atoms with Crippen LogP contribution in [0.2, 0.25) is 0 Å². The number of nitrogens with one attached hydrogen (secondary N) is 2. The van der Waals surface area contributed by atoms with Crippen molar-refractivity contribution in [3.8, 4) is 0 Å². The third-order valence-corrected chi connectivity index (χ3v) is 4.44. The average molecular weight is 330 g/mol. The van der Waals surface area contributed by atoms with Gasteiger partial charge in [0.2, 0.25) is 5.91 Å². The Bertz CT molecular complexity index is 362. The van der Waals surface area contributed by atoms with Crippen LogP contribution in [0.5, 0.6) is 0 Å². The quantitative estimate of drug-likeness (QED) is 0.385. The molecule has 1 aliphatic rings. The minimum absolute atomic E-state index is 0.0778. The second-order valence-corrected chi connectivity index (χ2v) is 6.68. The van der Waals surface area contributed by atoms with Crippen molar-refractivity contribution in [2.75, 3.05) is 59.3 Å². The Balaban J connectivity index is 2.24. The zero-order chi connectivity index (χ0) is 16.4. The van der Waals surface area contributed by atoms with Gasteiger partial charge in [-0.3, -0.25) is 14.7 Å². The molecule has 1 aliphatic heterocycles. The second kappa shape index (κ2) is 10.7. The van der Waals surface area contributed by atoms with E-state index in [-0.39, 0.29) is 11.9 Å². The molecule has 1 atom stereocenters. The zero-order valence-corrected chi connectivity index (χ0v) is 15.2. The predicted molar refractivity (Wildman–Crippen MR) is 95.7 cm³/mol. The Morgan fingerprint density at radius 3 is 2.73 bits per heavy atom. The third-order valence-electron chi connectivity index (χ3n) is 3.83. The number of carbonyl (C=O) groups excluding carboxylic acids is 1. The first kappa shape index (κ1) is 19.1. The fourth-order valence-corrected chi connectivity index (χ4v) is 2.96. The van der Waals surface area contributed by atoms with Gasteiger partial charge in [0.25, 0.3) is 0 Å². The van der Waals surface area contributed by atoms with E-state index < -0.39 is 0 Å². The van der Waals surface area contributed by atoms with Crippen LogP contribution < -0.4 is 10.6 Å². The summed E-state index contributed by atoms with van der Waals surface area (Å²) in [6.07, 6.45) is 5.22. The normalized spacial score (nSPS) is 19.3. The van der Waals surface area contributed by atoms with Crippen LogP contribution in [0, 0.1) is 0 Å². The van der Waals surface area contributed by atoms with E-state index in [0.717, 1.165) is 57.2 Å². The number of aliphatic imine (C=N–C) groups is 1. The Labute approximate surface area is 139 Å². The molecule has 1 unspecified atom stereocenters. The summed E-state index contributed by atoms with van der Waals surface area (Å²) >= 11 is 1.82. The summed E-state index contributed by atoms with van der Waals surface area (Å²) in [5, 5.41) is 6.61. The first-order chi connectivity index (χ1) is 10.6. The lowest BCUT2D eigenvalue weighted by Gasteiger charge is -2.26. The highest BCUT2D eigenvalue weighted by atomic mass is 32.2. The van der Waals surface area contributed by atoms with Gasteiger partial charge in [0.05, 0.1) is 6.04 Å². The molecule has 1 rings (SSSR count). The number of hydrogen-bond donors (Lipinski definition) is 2. The molecule has 7 heteroatoms. The molecule has 6 nitrogen and oxygen atoms in total. The van der Waals surface area contributed by atoms with Crippen LogP contribution >= 0.6 is 11.8 Å². The van der Waals surface area contributed by atoms with Crippen molar-refractivity contribution in [3.63, 3.8) is 0 Å². The third kappa shape index (κ3) is 6.44. The molecule has 0 aromatic carbocycles. The van der Waals surface area contributed by atoms with Crippen molar-refractivity contribution in [2.45, 2.75) is 25.3 Å². The number of guanidine groups is 1. The van der Waals surface area contributed by atoms with Gasteiger partial charge in [-0.2, -0.15) is 11.8 Å². The van der Waals surface area contributed by atoms with E-state index in [2.05, 4.69) is 26.8 Å². The largest absolute Gasteiger partial charge is 0.356 e. The molecule has 1 heterocycles. The molecule has 1 saturated heterocycles. The van der Waals surface area contributed by atoms with Crippen molar-refractivity contribution in [1.29, 1.82) is 0 Å². The molecule has 1 fully saturated rings. The summed E-state index contributed by atoms with van der Waals surface area (Å²) in [5.74, 6) is 2.17. The number of likely N-dealkylation sites (N-methyl/N-ethyl adjacent to an activating group) is 1. The maximum atomic E-state index is 12.1. The van der Waals surface area contributed by atoms with E-state index in [9.17, 15) is 4.79 Å². The number of hydrogen-bond acceptors (Lipinski definition) is 4. The van der Waals surface area contributed by atoms with Gasteiger partial charge in [0.1, 0.15) is 0 Å². The SMILES string of the molecule is CN=C(NCCCN1CCCC1C(=O)N(C)C)NCCSC. The van der Waals surface area contributed by atoms with E-state index in [4.69, 9.17) is 0 Å². The highest BCUT2D eigenvalue weighted by Crippen LogP contribution is 2.18. The average Bonchev–Trinajstić information content (AvgIpc) is 2.97. The maximum absolute atomic E-state index is 12.1. The molecule has 0 bridgehead atoms. The molecule has 22 heavy (non-hydrogen) atoms. The lowest BCUT2D eigenvalue weighted by atomic mass is 10.2. The van der Waals surface area contributed by atoms with E-state index in [0.29, 0.717) is 0 Å². The Morgan fingerprint density at radius 1 is 1.36 bits per heavy atom. The number of thioether (sulfide) groups is 1. The number of rotatable bonds is 8. The standard InChI is InChI=1S/C15H31N5OS/c1-16-15(18-9-12-22-4)17-8-6-11-20-10-5-7-13(20)14(21)19(2)3/h13H,5-12H2,1-4H3,(H2,16,17,18). The van der Waals surface area contributed by atoms with Crippen LogP contribution in [0.4, 0.5) is 0 Å². The summed E-state index contributed by atoms with van der Waals surface area (Å²) in [4.78, 5) is 20.4. The molecule has 2 N–H and O–H groups in total. The van der Waals surface area contributed by atoms with Crippen LogP contribution in [-0.4, -0.2) is 87.0 Å². The van der Waals surface area contributed by atoms with Crippen molar-refractivity contribution < 1.29 is 4.79 Å². The lowest BCUT2D eigenvalue weighted by Crippen LogP contribution is -2.44. The van der Waals surface area contributed by atoms with Crippen LogP contribution in [0.25, 0.3) is 0 Å². The molecule has 0 radical (unpaired) electrons. The minimum Gasteiger partial charge on any atom is -0.356 e. The smallest absolute Gasteiger partial charge is 0.239 e. The summed E-state index contributed by atoms with van der Waals surface area (Å²) in [6.45, 7) is 3.79. The first-order valence-corrected chi connectivity index (χ1v) is 9.38. The molecule has 0 spiro atoms. The fourth-order valence-electron chi connectivity index (χ4n) is 2.65. The van der Waals surface area contributed by atoms with Gasteiger partial charge in [-0.15, -0.1) is 0 Å². The highest BCUT2D eigenvalue weighted by molar-refractivity contribution is 7.98. The number of amides is 1. The van der Waals surface area contributed by atoms with Gasteiger partial charge in [-0.05, 0) is 32.1 Å². The van der Waals surface area contributed by atoms with Gasteiger partial charge in [-0.1, -0.05) is 0 Å². The molecule has 0 aromatic heterocycles. The molecule has 1 amide bonds. The Hall–Kier alpha value is -0.950. The minimum atomic E-state index is 0.0778. The van der Waals surface area contributed by atoms with E-state index >= 15 is 0 Å². The zero-order valence-electron chi connectivity index (χ0n) is 14.4. The van der Waals surface area contributed by atoms with E-state index in [1.165, 1.54) is 0 Å². The van der Waals surface area contributed by atoms with Gasteiger partial charge in [-0.25, -0.2) is 0 Å². The summed E-state index contributed by atoms with van der Waals surface area (Å²) < 4.78 is 0. The van der Waals surface area contributed by atoms with E-state index in [1.807, 2.05) is 25.9 Å². The molecular formula is C15H31N5OS. The first-order valence-electron chi connectivity index (χ1n) is 7.98. The van der Waals surface area contributed by atoms with Crippen molar-refractivity contribution >= 4 is 23.6 Å². The number of carbonyl (C=O) groups is 1. The monoisotopic (exact) mass is 329 g/mol. The van der Waals surface area contributed by atoms with Crippen LogP contribution in [0.15, 0.2) is 4.99 Å². The van der Waals surface area contributed by atoms with Crippen molar-refractivity contribution in [2.24, 2.45) is 4.99 Å². The van der Waals surface area contributed by atoms with E-state index in [1.54, 1.807) is 11.9 Å². The maximum Gasteiger partial charge on any atom is 0.239 e. The molecule has 0 aromatic rings. The number of likely N-dealkylation sites (tertiary alicyclic amines) is 1. The second-order valence-electron chi connectivity index (χ2n) is 5.70. The van der Waals surface area contributed by atoms with Crippen molar-refractivity contribution in [1.82, 2.24) is 20.4 Å². The molecule has 0 saturated carbocycles. The fraction of sp³-hybridized carbons (Fsp3) is 0.867. The van der Waals surface area contributed by atoms with Crippen molar-refractivity contribution in [3.05, 3.63) is 0 Å². The van der Waals surface area contributed by atoms with Crippen LogP contribution in [0.1, 0.15) is 19.3 Å². The molecule has 0 aliphatic carbocycles. The van der Waals surface area contributed by atoms with Gasteiger partial charge < -0.3 is 15.5 Å². The number of nitrogens with zero attached hydrogens (tertiary/aromatic N) is 3. The van der Waals surface area contributed by atoms with Gasteiger partial charge >= 0.3 is 0 Å². The summed E-state index contributed by atoms with van der Waals surface area (Å²) in [6, 6.07) is 0.0778. The predicted octanol–water partition coefficient (Wildman–Crippen LogP) is 0.457. The molecule has 128 valence electrons. The van der Waals surface area contributed by atoms with Gasteiger partial charge in [0, 0.05) is 46.5 Å². The summed E-state index contributed by atoms with van der Waals surface area (Å²) in [7, 11) is 5.47. The summed E-state index contributed by atoms with van der Waals surface area (Å²) in [5.41, 5.74) is 0.